The van der Waals surface area contributed by atoms with Gasteiger partial charge in [-0.15, -0.1) is 11.3 Å². The molecule has 1 nitrogen and oxygen atoms in total. The van der Waals surface area contributed by atoms with Crippen LogP contribution in [0.2, 0.25) is 4.34 Å². The maximum absolute atomic E-state index is 6.05. The average molecular weight is 202 g/mol. The zero-order valence-electron chi connectivity index (χ0n) is 6.92. The first kappa shape index (κ1) is 8.39. The van der Waals surface area contributed by atoms with Crippen molar-refractivity contribution in [2.75, 3.05) is 18.0 Å². The molecule has 0 aromatic carbocycles. The van der Waals surface area contributed by atoms with Crippen molar-refractivity contribution in [3.63, 3.8) is 0 Å². The molecule has 0 unspecified atom stereocenters. The molecule has 0 radical (unpaired) electrons. The standard InChI is InChI=1S/C9H12ClNS/c10-9-8(4-7-12-9)11-5-2-1-3-6-11/h4,7H,1-3,5-6H2. The van der Waals surface area contributed by atoms with E-state index in [0.717, 1.165) is 4.34 Å². The first-order valence-corrected chi connectivity index (χ1v) is 5.61. The quantitative estimate of drug-likeness (QED) is 0.674. The van der Waals surface area contributed by atoms with Gasteiger partial charge >= 0.3 is 0 Å². The van der Waals surface area contributed by atoms with Gasteiger partial charge in [-0.05, 0) is 30.7 Å². The van der Waals surface area contributed by atoms with E-state index in [9.17, 15) is 0 Å². The summed E-state index contributed by atoms with van der Waals surface area (Å²) < 4.78 is 0.942. The highest BCUT2D eigenvalue weighted by Gasteiger charge is 2.13. The van der Waals surface area contributed by atoms with Gasteiger partial charge < -0.3 is 4.90 Å². The van der Waals surface area contributed by atoms with Crippen LogP contribution >= 0.6 is 22.9 Å². The van der Waals surface area contributed by atoms with E-state index >= 15 is 0 Å². The normalized spacial score (nSPS) is 18.2. The first-order chi connectivity index (χ1) is 5.88. The van der Waals surface area contributed by atoms with Crippen LogP contribution in [0.1, 0.15) is 19.3 Å². The van der Waals surface area contributed by atoms with E-state index in [-0.39, 0.29) is 0 Å². The van der Waals surface area contributed by atoms with Crippen LogP contribution in [0.5, 0.6) is 0 Å². The van der Waals surface area contributed by atoms with Crippen LogP contribution in [0.3, 0.4) is 0 Å². The van der Waals surface area contributed by atoms with E-state index < -0.39 is 0 Å². The summed E-state index contributed by atoms with van der Waals surface area (Å²) in [5.41, 5.74) is 1.24. The van der Waals surface area contributed by atoms with Gasteiger partial charge in [0, 0.05) is 13.1 Å². The van der Waals surface area contributed by atoms with Crippen LogP contribution in [0, 0.1) is 0 Å². The predicted octanol–water partition coefficient (Wildman–Crippen LogP) is 3.39. The van der Waals surface area contributed by atoms with E-state index in [0.29, 0.717) is 0 Å². The molecule has 0 bridgehead atoms. The van der Waals surface area contributed by atoms with E-state index in [1.807, 2.05) is 0 Å². The number of halogens is 1. The molecule has 0 aliphatic carbocycles. The number of hydrogen-bond donors (Lipinski definition) is 0. The summed E-state index contributed by atoms with van der Waals surface area (Å²) in [5.74, 6) is 0. The third-order valence-electron chi connectivity index (χ3n) is 2.30. The summed E-state index contributed by atoms with van der Waals surface area (Å²) in [5, 5.41) is 2.06. The maximum atomic E-state index is 6.05. The third kappa shape index (κ3) is 1.59. The van der Waals surface area contributed by atoms with Gasteiger partial charge in [0.1, 0.15) is 4.34 Å². The summed E-state index contributed by atoms with van der Waals surface area (Å²) in [4.78, 5) is 2.39. The number of rotatable bonds is 1. The molecule has 1 aliphatic heterocycles. The summed E-state index contributed by atoms with van der Waals surface area (Å²) in [7, 11) is 0. The van der Waals surface area contributed by atoms with Crippen LogP contribution in [0.4, 0.5) is 5.69 Å². The highest BCUT2D eigenvalue weighted by atomic mass is 35.5. The molecule has 1 aliphatic rings. The van der Waals surface area contributed by atoms with Crippen LogP contribution in [0.25, 0.3) is 0 Å². The van der Waals surface area contributed by atoms with Crippen molar-refractivity contribution < 1.29 is 0 Å². The van der Waals surface area contributed by atoms with E-state index in [1.54, 1.807) is 11.3 Å². The number of nitrogens with zero attached hydrogens (tertiary/aromatic N) is 1. The second-order valence-electron chi connectivity index (χ2n) is 3.13. The molecule has 3 heteroatoms. The zero-order valence-corrected chi connectivity index (χ0v) is 8.50. The molecule has 0 atom stereocenters. The highest BCUT2D eigenvalue weighted by molar-refractivity contribution is 7.15. The van der Waals surface area contributed by atoms with Crippen molar-refractivity contribution in [3.05, 3.63) is 15.8 Å². The summed E-state index contributed by atoms with van der Waals surface area (Å²) in [6.45, 7) is 2.35. The molecule has 1 saturated heterocycles. The molecule has 0 spiro atoms. The van der Waals surface area contributed by atoms with Gasteiger partial charge in [0.15, 0.2) is 0 Å². The minimum Gasteiger partial charge on any atom is -0.370 e. The van der Waals surface area contributed by atoms with Gasteiger partial charge in [0.25, 0.3) is 0 Å². The number of anilines is 1. The smallest absolute Gasteiger partial charge is 0.116 e. The average Bonchev–Trinajstić information content (AvgIpc) is 2.53. The number of piperidine rings is 1. The largest absolute Gasteiger partial charge is 0.370 e. The Bertz CT molecular complexity index is 253. The second kappa shape index (κ2) is 3.67. The van der Waals surface area contributed by atoms with Crippen molar-refractivity contribution in [2.24, 2.45) is 0 Å². The molecule has 0 saturated carbocycles. The van der Waals surface area contributed by atoms with Crippen LogP contribution in [0.15, 0.2) is 11.4 Å². The van der Waals surface area contributed by atoms with Crippen LogP contribution in [-0.2, 0) is 0 Å². The first-order valence-electron chi connectivity index (χ1n) is 4.36. The fraction of sp³-hybridized carbons (Fsp3) is 0.556. The molecular formula is C9H12ClNS. The third-order valence-corrected chi connectivity index (χ3v) is 3.44. The van der Waals surface area contributed by atoms with Gasteiger partial charge in [0.05, 0.1) is 5.69 Å². The monoisotopic (exact) mass is 201 g/mol. The Morgan fingerprint density at radius 2 is 2.00 bits per heavy atom. The van der Waals surface area contributed by atoms with Gasteiger partial charge in [0.2, 0.25) is 0 Å². The molecular weight excluding hydrogens is 190 g/mol. The minimum absolute atomic E-state index is 0.942. The van der Waals surface area contributed by atoms with Crippen molar-refractivity contribution in [3.8, 4) is 0 Å². The summed E-state index contributed by atoms with van der Waals surface area (Å²) in [6, 6.07) is 2.12. The molecule has 1 aromatic heterocycles. The van der Waals surface area contributed by atoms with Crippen LogP contribution < -0.4 is 4.90 Å². The molecule has 12 heavy (non-hydrogen) atoms. The van der Waals surface area contributed by atoms with E-state index in [4.69, 9.17) is 11.6 Å². The van der Waals surface area contributed by atoms with E-state index in [1.165, 1.54) is 38.0 Å². The summed E-state index contributed by atoms with van der Waals surface area (Å²) >= 11 is 7.67. The zero-order chi connectivity index (χ0) is 8.39. The molecule has 2 heterocycles. The van der Waals surface area contributed by atoms with Crippen molar-refractivity contribution in [1.82, 2.24) is 0 Å². The SMILES string of the molecule is Clc1sccc1N1CCCCC1. The minimum atomic E-state index is 0.942. The number of thiophene rings is 1. The van der Waals surface area contributed by atoms with Crippen molar-refractivity contribution in [2.45, 2.75) is 19.3 Å². The molecule has 1 fully saturated rings. The van der Waals surface area contributed by atoms with E-state index in [2.05, 4.69) is 16.3 Å². The van der Waals surface area contributed by atoms with Gasteiger partial charge in [-0.3, -0.25) is 0 Å². The Balaban J connectivity index is 2.13. The lowest BCUT2D eigenvalue weighted by Gasteiger charge is -2.27. The maximum Gasteiger partial charge on any atom is 0.116 e. The van der Waals surface area contributed by atoms with Crippen molar-refractivity contribution >= 4 is 28.6 Å². The summed E-state index contributed by atoms with van der Waals surface area (Å²) in [6.07, 6.45) is 4.00. The van der Waals surface area contributed by atoms with Crippen LogP contribution in [-0.4, -0.2) is 13.1 Å². The fourth-order valence-corrected chi connectivity index (χ4v) is 2.62. The Morgan fingerprint density at radius 3 is 2.58 bits per heavy atom. The van der Waals surface area contributed by atoms with Crippen molar-refractivity contribution in [1.29, 1.82) is 0 Å². The van der Waals surface area contributed by atoms with Gasteiger partial charge in [-0.25, -0.2) is 0 Å². The molecule has 0 amide bonds. The van der Waals surface area contributed by atoms with Gasteiger partial charge in [-0.1, -0.05) is 11.6 Å². The second-order valence-corrected chi connectivity index (χ2v) is 4.65. The molecule has 0 N–H and O–H groups in total. The fourth-order valence-electron chi connectivity index (χ4n) is 1.65. The lowest BCUT2D eigenvalue weighted by molar-refractivity contribution is 0.578. The Hall–Kier alpha value is -0.210. The highest BCUT2D eigenvalue weighted by Crippen LogP contribution is 2.32. The molecule has 2 rings (SSSR count). The van der Waals surface area contributed by atoms with Gasteiger partial charge in [-0.2, -0.15) is 0 Å². The number of hydrogen-bond acceptors (Lipinski definition) is 2. The Morgan fingerprint density at radius 1 is 1.25 bits per heavy atom. The molecule has 1 aromatic rings. The predicted molar refractivity (Wildman–Crippen MR) is 55.4 cm³/mol. The lowest BCUT2D eigenvalue weighted by Crippen LogP contribution is -2.29. The lowest BCUT2D eigenvalue weighted by atomic mass is 10.1. The molecule has 66 valence electrons. The Kier molecular flexibility index (Phi) is 2.57. The topological polar surface area (TPSA) is 3.24 Å². The Labute approximate surface area is 82.0 Å².